The van der Waals surface area contributed by atoms with Gasteiger partial charge >= 0.3 is 6.03 Å². The molecule has 21 heavy (non-hydrogen) atoms. The molecule has 5 heteroatoms. The van der Waals surface area contributed by atoms with Crippen molar-refractivity contribution in [3.63, 3.8) is 0 Å². The third-order valence-electron chi connectivity index (χ3n) is 2.95. The Morgan fingerprint density at radius 2 is 1.95 bits per heavy atom. The largest absolute Gasteiger partial charge is 0.494 e. The van der Waals surface area contributed by atoms with E-state index in [4.69, 9.17) is 4.74 Å². The lowest BCUT2D eigenvalue weighted by atomic mass is 10.1. The lowest BCUT2D eigenvalue weighted by Gasteiger charge is -2.08. The molecule has 0 bridgehead atoms. The van der Waals surface area contributed by atoms with Gasteiger partial charge in [0, 0.05) is 12.2 Å². The van der Waals surface area contributed by atoms with Gasteiger partial charge in [-0.1, -0.05) is 24.3 Å². The van der Waals surface area contributed by atoms with Crippen LogP contribution in [-0.4, -0.2) is 19.7 Å². The first kappa shape index (κ1) is 14.8. The van der Waals surface area contributed by atoms with Crippen LogP contribution in [0.2, 0.25) is 0 Å². The molecule has 0 heterocycles. The second kappa shape index (κ2) is 7.28. The number of halogens is 1. The second-order valence-corrected chi connectivity index (χ2v) is 4.47. The average Bonchev–Trinajstić information content (AvgIpc) is 2.48. The Bertz CT molecular complexity index is 602. The molecule has 0 fully saturated rings. The number of methoxy groups -OCH3 is 1. The Morgan fingerprint density at radius 3 is 2.62 bits per heavy atom. The summed E-state index contributed by atoms with van der Waals surface area (Å²) in [5.41, 5.74) is 1.53. The fourth-order valence-electron chi connectivity index (χ4n) is 1.88. The van der Waals surface area contributed by atoms with Gasteiger partial charge in [0.05, 0.1) is 7.11 Å². The molecule has 0 aromatic heterocycles. The van der Waals surface area contributed by atoms with Crippen LogP contribution in [0.5, 0.6) is 5.75 Å². The van der Waals surface area contributed by atoms with Crippen molar-refractivity contribution in [2.75, 3.05) is 19.0 Å². The van der Waals surface area contributed by atoms with E-state index in [9.17, 15) is 9.18 Å². The van der Waals surface area contributed by atoms with E-state index >= 15 is 0 Å². The van der Waals surface area contributed by atoms with Gasteiger partial charge in [-0.15, -0.1) is 0 Å². The maximum Gasteiger partial charge on any atom is 0.319 e. The predicted octanol–water partition coefficient (Wildman–Crippen LogP) is 3.20. The SMILES string of the molecule is COc1ccc(CCNC(=O)Nc2ccccc2)cc1F. The Hall–Kier alpha value is -2.56. The third-order valence-corrected chi connectivity index (χ3v) is 2.95. The maximum absolute atomic E-state index is 13.5. The fourth-order valence-corrected chi connectivity index (χ4v) is 1.88. The van der Waals surface area contributed by atoms with E-state index in [1.807, 2.05) is 18.2 Å². The summed E-state index contributed by atoms with van der Waals surface area (Å²) < 4.78 is 18.4. The van der Waals surface area contributed by atoms with Crippen molar-refractivity contribution >= 4 is 11.7 Å². The number of hydrogen-bond acceptors (Lipinski definition) is 2. The van der Waals surface area contributed by atoms with E-state index in [0.29, 0.717) is 13.0 Å². The van der Waals surface area contributed by atoms with Crippen molar-refractivity contribution in [3.8, 4) is 5.75 Å². The van der Waals surface area contributed by atoms with Crippen molar-refractivity contribution in [1.29, 1.82) is 0 Å². The summed E-state index contributed by atoms with van der Waals surface area (Å²) >= 11 is 0. The first-order valence-electron chi connectivity index (χ1n) is 6.61. The zero-order valence-corrected chi connectivity index (χ0v) is 11.7. The van der Waals surface area contributed by atoms with Gasteiger partial charge in [0.25, 0.3) is 0 Å². The molecule has 0 atom stereocenters. The van der Waals surface area contributed by atoms with Gasteiger partial charge in [-0.3, -0.25) is 0 Å². The Balaban J connectivity index is 1.79. The molecule has 2 N–H and O–H groups in total. The minimum atomic E-state index is -0.399. The van der Waals surface area contributed by atoms with Crippen LogP contribution in [0.25, 0.3) is 0 Å². The summed E-state index contributed by atoms with van der Waals surface area (Å²) in [5.74, 6) is -0.183. The molecule has 2 amide bonds. The van der Waals surface area contributed by atoms with Gasteiger partial charge in [-0.25, -0.2) is 9.18 Å². The van der Waals surface area contributed by atoms with Crippen LogP contribution in [0.1, 0.15) is 5.56 Å². The highest BCUT2D eigenvalue weighted by molar-refractivity contribution is 5.89. The van der Waals surface area contributed by atoms with Crippen LogP contribution in [0.15, 0.2) is 48.5 Å². The molecule has 2 aromatic rings. The molecule has 4 nitrogen and oxygen atoms in total. The number of carbonyl (C=O) groups is 1. The quantitative estimate of drug-likeness (QED) is 0.887. The van der Waals surface area contributed by atoms with Crippen molar-refractivity contribution in [1.82, 2.24) is 5.32 Å². The van der Waals surface area contributed by atoms with Crippen molar-refractivity contribution in [3.05, 3.63) is 59.9 Å². The van der Waals surface area contributed by atoms with Gasteiger partial charge in [0.1, 0.15) is 0 Å². The lowest BCUT2D eigenvalue weighted by molar-refractivity contribution is 0.252. The number of nitrogens with one attached hydrogen (secondary N) is 2. The molecular formula is C16H17FN2O2. The van der Waals surface area contributed by atoms with E-state index in [2.05, 4.69) is 10.6 Å². The highest BCUT2D eigenvalue weighted by atomic mass is 19.1. The van der Waals surface area contributed by atoms with Gasteiger partial charge in [-0.05, 0) is 36.2 Å². The fraction of sp³-hybridized carbons (Fsp3) is 0.188. The molecule has 0 aliphatic rings. The van der Waals surface area contributed by atoms with E-state index in [-0.39, 0.29) is 11.8 Å². The minimum absolute atomic E-state index is 0.216. The van der Waals surface area contributed by atoms with Gasteiger partial charge in [-0.2, -0.15) is 0 Å². The third kappa shape index (κ3) is 4.49. The van der Waals surface area contributed by atoms with E-state index in [1.54, 1.807) is 24.3 Å². The minimum Gasteiger partial charge on any atom is -0.494 e. The average molecular weight is 288 g/mol. The zero-order chi connectivity index (χ0) is 15.1. The highest BCUT2D eigenvalue weighted by Crippen LogP contribution is 2.17. The number of rotatable bonds is 5. The number of ether oxygens (including phenoxy) is 1. The summed E-state index contributed by atoms with van der Waals surface area (Å²) in [4.78, 5) is 11.7. The summed E-state index contributed by atoms with van der Waals surface area (Å²) in [6.07, 6.45) is 0.545. The smallest absolute Gasteiger partial charge is 0.319 e. The molecule has 0 aliphatic heterocycles. The van der Waals surface area contributed by atoms with Crippen LogP contribution in [0.3, 0.4) is 0 Å². The number of urea groups is 1. The maximum atomic E-state index is 13.5. The van der Waals surface area contributed by atoms with E-state index in [0.717, 1.165) is 11.3 Å². The molecule has 0 spiro atoms. The van der Waals surface area contributed by atoms with Gasteiger partial charge < -0.3 is 15.4 Å². The van der Waals surface area contributed by atoms with Crippen LogP contribution in [0, 0.1) is 5.82 Å². The summed E-state index contributed by atoms with van der Waals surface area (Å²) in [7, 11) is 1.42. The molecule has 2 aromatic carbocycles. The molecule has 0 saturated carbocycles. The standard InChI is InChI=1S/C16H17FN2O2/c1-21-15-8-7-12(11-14(15)17)9-10-18-16(20)19-13-5-3-2-4-6-13/h2-8,11H,9-10H2,1H3,(H2,18,19,20). The summed E-state index contributed by atoms with van der Waals surface area (Å²) in [6.45, 7) is 0.421. The molecular weight excluding hydrogens is 271 g/mol. The topological polar surface area (TPSA) is 50.4 Å². The summed E-state index contributed by atoms with van der Waals surface area (Å²) in [6, 6.07) is 13.7. The van der Waals surface area contributed by atoms with Crippen molar-refractivity contribution < 1.29 is 13.9 Å². The van der Waals surface area contributed by atoms with Crippen molar-refractivity contribution in [2.24, 2.45) is 0 Å². The van der Waals surface area contributed by atoms with Crippen molar-refractivity contribution in [2.45, 2.75) is 6.42 Å². The second-order valence-electron chi connectivity index (χ2n) is 4.47. The number of benzene rings is 2. The molecule has 0 aliphatic carbocycles. The summed E-state index contributed by atoms with van der Waals surface area (Å²) in [5, 5.41) is 5.44. The predicted molar refractivity (Wildman–Crippen MR) is 80.1 cm³/mol. The van der Waals surface area contributed by atoms with Crippen LogP contribution < -0.4 is 15.4 Å². The van der Waals surface area contributed by atoms with Gasteiger partial charge in [0.2, 0.25) is 0 Å². The van der Waals surface area contributed by atoms with Crippen LogP contribution in [-0.2, 0) is 6.42 Å². The molecule has 0 radical (unpaired) electrons. The Morgan fingerprint density at radius 1 is 1.19 bits per heavy atom. The Labute approximate surface area is 122 Å². The lowest BCUT2D eigenvalue weighted by Crippen LogP contribution is -2.30. The highest BCUT2D eigenvalue weighted by Gasteiger charge is 2.04. The number of hydrogen-bond donors (Lipinski definition) is 2. The van der Waals surface area contributed by atoms with E-state index in [1.165, 1.54) is 13.2 Å². The number of amides is 2. The van der Waals surface area contributed by atoms with Crippen LogP contribution in [0.4, 0.5) is 14.9 Å². The van der Waals surface area contributed by atoms with Crippen LogP contribution >= 0.6 is 0 Å². The molecule has 0 saturated heterocycles. The first-order chi connectivity index (χ1) is 10.2. The number of anilines is 1. The van der Waals surface area contributed by atoms with E-state index < -0.39 is 5.82 Å². The monoisotopic (exact) mass is 288 g/mol. The molecule has 2 rings (SSSR count). The normalized spacial score (nSPS) is 10.0. The zero-order valence-electron chi connectivity index (χ0n) is 11.7. The Kier molecular flexibility index (Phi) is 5.15. The first-order valence-corrected chi connectivity index (χ1v) is 6.61. The molecule has 0 unspecified atom stereocenters. The van der Waals surface area contributed by atoms with Gasteiger partial charge in [0.15, 0.2) is 11.6 Å². The number of para-hydroxylation sites is 1. The number of carbonyl (C=O) groups excluding carboxylic acids is 1. The molecule has 110 valence electrons.